The number of aromatic nitrogens is 1. The van der Waals surface area contributed by atoms with Crippen LogP contribution < -0.4 is 5.73 Å². The largest absolute Gasteiger partial charge is 0.431 e. The lowest BCUT2D eigenvalue weighted by Gasteiger charge is -1.99. The predicted molar refractivity (Wildman–Crippen MR) is 74.4 cm³/mol. The number of benzene rings is 2. The van der Waals surface area contributed by atoms with Crippen LogP contribution >= 0.6 is 11.8 Å². The molecule has 3 rings (SSSR count). The van der Waals surface area contributed by atoms with Crippen LogP contribution in [0.25, 0.3) is 11.1 Å². The molecule has 0 radical (unpaired) electrons. The molecule has 0 bridgehead atoms. The first kappa shape index (κ1) is 11.2. The van der Waals surface area contributed by atoms with Gasteiger partial charge in [0, 0.05) is 11.4 Å². The highest BCUT2D eigenvalue weighted by Crippen LogP contribution is 2.26. The van der Waals surface area contributed by atoms with E-state index in [0.717, 1.165) is 22.5 Å². The first-order chi connectivity index (χ1) is 8.81. The van der Waals surface area contributed by atoms with Crippen LogP contribution in [0.5, 0.6) is 0 Å². The maximum atomic E-state index is 5.74. The Morgan fingerprint density at radius 1 is 1.11 bits per heavy atom. The maximum Gasteiger partial charge on any atom is 0.257 e. The number of oxazole rings is 1. The molecule has 1 aromatic heterocycles. The number of thioether (sulfide) groups is 1. The molecule has 90 valence electrons. The molecule has 3 aromatic rings. The molecule has 0 spiro atoms. The Hall–Kier alpha value is -1.94. The third kappa shape index (κ3) is 2.33. The lowest BCUT2D eigenvalue weighted by molar-refractivity contribution is 0.489. The van der Waals surface area contributed by atoms with Crippen LogP contribution in [0.1, 0.15) is 5.56 Å². The third-order valence-electron chi connectivity index (χ3n) is 2.59. The molecule has 2 aromatic carbocycles. The predicted octanol–water partition coefficient (Wildman–Crippen LogP) is 3.70. The van der Waals surface area contributed by atoms with Crippen LogP contribution in [0.4, 0.5) is 5.69 Å². The lowest BCUT2D eigenvalue weighted by Crippen LogP contribution is -1.86. The van der Waals surface area contributed by atoms with E-state index >= 15 is 0 Å². The number of hydrogen-bond acceptors (Lipinski definition) is 4. The van der Waals surface area contributed by atoms with Gasteiger partial charge < -0.3 is 10.2 Å². The van der Waals surface area contributed by atoms with E-state index in [0.29, 0.717) is 5.22 Å². The Kier molecular flexibility index (Phi) is 2.94. The van der Waals surface area contributed by atoms with Crippen molar-refractivity contribution >= 4 is 28.5 Å². The van der Waals surface area contributed by atoms with Crippen molar-refractivity contribution in [3.8, 4) is 0 Å². The van der Waals surface area contributed by atoms with E-state index in [9.17, 15) is 0 Å². The van der Waals surface area contributed by atoms with Crippen LogP contribution in [0, 0.1) is 0 Å². The van der Waals surface area contributed by atoms with Gasteiger partial charge in [0.2, 0.25) is 0 Å². The van der Waals surface area contributed by atoms with Gasteiger partial charge in [0.15, 0.2) is 5.58 Å². The Labute approximate surface area is 109 Å². The molecule has 0 amide bonds. The van der Waals surface area contributed by atoms with Crippen molar-refractivity contribution in [3.05, 3.63) is 54.1 Å². The van der Waals surface area contributed by atoms with Gasteiger partial charge in [-0.15, -0.1) is 0 Å². The van der Waals surface area contributed by atoms with Gasteiger partial charge in [0.05, 0.1) is 0 Å². The standard InChI is InChI=1S/C14H12N2OS/c15-11-5-3-4-10(8-11)9-18-14-16-12-6-1-2-7-13(12)17-14/h1-8H,9,15H2. The summed E-state index contributed by atoms with van der Waals surface area (Å²) in [6, 6.07) is 15.6. The van der Waals surface area contributed by atoms with Crippen molar-refractivity contribution in [2.45, 2.75) is 11.0 Å². The average Bonchev–Trinajstić information content (AvgIpc) is 2.79. The van der Waals surface area contributed by atoms with Gasteiger partial charge in [-0.3, -0.25) is 0 Å². The van der Waals surface area contributed by atoms with E-state index in [2.05, 4.69) is 4.98 Å². The summed E-state index contributed by atoms with van der Waals surface area (Å²) in [5.74, 6) is 0.803. The van der Waals surface area contributed by atoms with Crippen molar-refractivity contribution in [1.29, 1.82) is 0 Å². The molecular formula is C14H12N2OS. The minimum absolute atomic E-state index is 0.693. The van der Waals surface area contributed by atoms with Crippen LogP contribution in [-0.2, 0) is 5.75 Å². The molecular weight excluding hydrogens is 244 g/mol. The number of para-hydroxylation sites is 2. The smallest absolute Gasteiger partial charge is 0.257 e. The van der Waals surface area contributed by atoms with E-state index in [-0.39, 0.29) is 0 Å². The summed E-state index contributed by atoms with van der Waals surface area (Å²) in [7, 11) is 0. The van der Waals surface area contributed by atoms with E-state index in [1.54, 1.807) is 11.8 Å². The van der Waals surface area contributed by atoms with Crippen molar-refractivity contribution in [1.82, 2.24) is 4.98 Å². The SMILES string of the molecule is Nc1cccc(CSc2nc3ccccc3o2)c1. The number of fused-ring (bicyclic) bond motifs is 1. The normalized spacial score (nSPS) is 10.9. The van der Waals surface area contributed by atoms with E-state index in [1.165, 1.54) is 5.56 Å². The third-order valence-corrected chi connectivity index (χ3v) is 3.49. The van der Waals surface area contributed by atoms with Crippen LogP contribution in [0.15, 0.2) is 58.2 Å². The summed E-state index contributed by atoms with van der Waals surface area (Å²) < 4.78 is 5.64. The average molecular weight is 256 g/mol. The highest BCUT2D eigenvalue weighted by atomic mass is 32.2. The fourth-order valence-corrected chi connectivity index (χ4v) is 2.52. The van der Waals surface area contributed by atoms with E-state index in [4.69, 9.17) is 10.2 Å². The molecule has 0 atom stereocenters. The van der Waals surface area contributed by atoms with Crippen LogP contribution in [-0.4, -0.2) is 4.98 Å². The zero-order valence-corrected chi connectivity index (χ0v) is 10.5. The van der Waals surface area contributed by atoms with Crippen molar-refractivity contribution in [2.24, 2.45) is 0 Å². The minimum atomic E-state index is 0.693. The summed E-state index contributed by atoms with van der Waals surface area (Å²) in [5.41, 5.74) is 9.41. The number of nitrogens with zero attached hydrogens (tertiary/aromatic N) is 1. The molecule has 0 aliphatic rings. The quantitative estimate of drug-likeness (QED) is 0.573. The van der Waals surface area contributed by atoms with Gasteiger partial charge in [0.1, 0.15) is 5.52 Å². The Morgan fingerprint density at radius 3 is 2.83 bits per heavy atom. The van der Waals surface area contributed by atoms with Crippen LogP contribution in [0.3, 0.4) is 0 Å². The summed E-state index contributed by atoms with van der Waals surface area (Å²) >= 11 is 1.57. The second-order valence-electron chi connectivity index (χ2n) is 3.98. The summed E-state index contributed by atoms with van der Waals surface area (Å²) in [6.45, 7) is 0. The topological polar surface area (TPSA) is 52.0 Å². The second kappa shape index (κ2) is 4.74. The lowest BCUT2D eigenvalue weighted by atomic mass is 10.2. The van der Waals surface area contributed by atoms with E-state index in [1.807, 2.05) is 48.5 Å². The fourth-order valence-electron chi connectivity index (χ4n) is 1.74. The zero-order chi connectivity index (χ0) is 12.4. The summed E-state index contributed by atoms with van der Waals surface area (Å²) in [6.07, 6.45) is 0. The maximum absolute atomic E-state index is 5.74. The first-order valence-corrected chi connectivity index (χ1v) is 6.62. The van der Waals surface area contributed by atoms with Gasteiger partial charge >= 0.3 is 0 Å². The molecule has 0 aliphatic heterocycles. The molecule has 3 nitrogen and oxygen atoms in total. The van der Waals surface area contributed by atoms with Gasteiger partial charge in [-0.2, -0.15) is 0 Å². The molecule has 2 N–H and O–H groups in total. The van der Waals surface area contributed by atoms with Gasteiger partial charge in [-0.25, -0.2) is 4.98 Å². The Bertz CT molecular complexity index is 645. The van der Waals surface area contributed by atoms with Crippen molar-refractivity contribution < 1.29 is 4.42 Å². The molecule has 18 heavy (non-hydrogen) atoms. The molecule has 1 heterocycles. The molecule has 0 aliphatic carbocycles. The van der Waals surface area contributed by atoms with Crippen LogP contribution in [0.2, 0.25) is 0 Å². The number of nitrogen functional groups attached to an aromatic ring is 1. The number of rotatable bonds is 3. The molecule has 0 saturated heterocycles. The second-order valence-corrected chi connectivity index (χ2v) is 4.91. The first-order valence-electron chi connectivity index (χ1n) is 5.64. The highest BCUT2D eigenvalue weighted by molar-refractivity contribution is 7.98. The Balaban J connectivity index is 1.76. The van der Waals surface area contributed by atoms with Gasteiger partial charge in [0.25, 0.3) is 5.22 Å². The highest BCUT2D eigenvalue weighted by Gasteiger charge is 2.05. The van der Waals surface area contributed by atoms with Gasteiger partial charge in [-0.05, 0) is 29.8 Å². The molecule has 0 fully saturated rings. The number of nitrogens with two attached hydrogens (primary N) is 1. The number of hydrogen-bond donors (Lipinski definition) is 1. The molecule has 4 heteroatoms. The van der Waals surface area contributed by atoms with E-state index < -0.39 is 0 Å². The summed E-state index contributed by atoms with van der Waals surface area (Å²) in [4.78, 5) is 4.42. The van der Waals surface area contributed by atoms with Crippen molar-refractivity contribution in [3.63, 3.8) is 0 Å². The zero-order valence-electron chi connectivity index (χ0n) is 9.67. The summed E-state index contributed by atoms with van der Waals surface area (Å²) in [5, 5.41) is 0.693. The Morgan fingerprint density at radius 2 is 2.00 bits per heavy atom. The molecule has 0 unspecified atom stereocenters. The molecule has 0 saturated carbocycles. The minimum Gasteiger partial charge on any atom is -0.431 e. The monoisotopic (exact) mass is 256 g/mol. The van der Waals surface area contributed by atoms with Gasteiger partial charge in [-0.1, -0.05) is 36.0 Å². The van der Waals surface area contributed by atoms with Crippen molar-refractivity contribution in [2.75, 3.05) is 5.73 Å². The fraction of sp³-hybridized carbons (Fsp3) is 0.0714. The number of anilines is 1.